The van der Waals surface area contributed by atoms with Gasteiger partial charge in [0.2, 0.25) is 0 Å². The van der Waals surface area contributed by atoms with Gasteiger partial charge in [0.15, 0.2) is 5.13 Å². The Balaban J connectivity index is 1.93. The molecule has 1 aliphatic rings. The van der Waals surface area contributed by atoms with Gasteiger partial charge in [0, 0.05) is 17.1 Å². The van der Waals surface area contributed by atoms with Crippen LogP contribution < -0.4 is 4.90 Å². The largest absolute Gasteiger partial charge is 0.507 e. The van der Waals surface area contributed by atoms with Gasteiger partial charge >= 0.3 is 5.91 Å². The van der Waals surface area contributed by atoms with Gasteiger partial charge in [-0.2, -0.15) is 0 Å². The zero-order valence-electron chi connectivity index (χ0n) is 14.2. The average molecular weight is 398 g/mol. The molecular formula is C20H12F2N2O3S. The van der Waals surface area contributed by atoms with E-state index in [1.165, 1.54) is 47.5 Å². The fourth-order valence-electron chi connectivity index (χ4n) is 3.09. The molecule has 2 heterocycles. The number of Topliss-reactive ketones (excluding diaryl/α,β-unsaturated/α-hetero) is 1. The number of rotatable bonds is 3. The summed E-state index contributed by atoms with van der Waals surface area (Å²) >= 11 is 1.15. The lowest BCUT2D eigenvalue weighted by Gasteiger charge is -2.22. The highest BCUT2D eigenvalue weighted by atomic mass is 32.1. The highest BCUT2D eigenvalue weighted by Gasteiger charge is 2.47. The van der Waals surface area contributed by atoms with Gasteiger partial charge in [0.05, 0.1) is 11.6 Å². The van der Waals surface area contributed by atoms with Crippen molar-refractivity contribution in [2.45, 2.75) is 6.04 Å². The first-order chi connectivity index (χ1) is 13.5. The highest BCUT2D eigenvalue weighted by molar-refractivity contribution is 7.14. The second-order valence-corrected chi connectivity index (χ2v) is 6.92. The minimum Gasteiger partial charge on any atom is -0.507 e. The van der Waals surface area contributed by atoms with E-state index < -0.39 is 35.1 Å². The van der Waals surface area contributed by atoms with Crippen LogP contribution in [0.2, 0.25) is 0 Å². The number of hydrogen-bond acceptors (Lipinski definition) is 5. The van der Waals surface area contributed by atoms with Crippen LogP contribution in [-0.2, 0) is 9.59 Å². The molecule has 0 unspecified atom stereocenters. The minimum atomic E-state index is -0.989. The van der Waals surface area contributed by atoms with Crippen molar-refractivity contribution in [1.29, 1.82) is 0 Å². The van der Waals surface area contributed by atoms with Crippen molar-refractivity contribution in [2.75, 3.05) is 4.90 Å². The normalized spacial score (nSPS) is 18.6. The number of aliphatic hydroxyl groups excluding tert-OH is 1. The summed E-state index contributed by atoms with van der Waals surface area (Å²) in [5.74, 6) is -3.17. The maximum absolute atomic E-state index is 13.4. The van der Waals surface area contributed by atoms with Crippen molar-refractivity contribution in [3.05, 3.63) is 88.4 Å². The van der Waals surface area contributed by atoms with E-state index in [9.17, 15) is 23.5 Å². The maximum Gasteiger partial charge on any atom is 0.301 e. The van der Waals surface area contributed by atoms with Crippen molar-refractivity contribution in [3.8, 4) is 0 Å². The zero-order chi connectivity index (χ0) is 19.8. The summed E-state index contributed by atoms with van der Waals surface area (Å²) in [4.78, 5) is 30.8. The fraction of sp³-hybridized carbons (Fsp3) is 0.0500. The molecule has 4 rings (SSSR count). The smallest absolute Gasteiger partial charge is 0.301 e. The lowest BCUT2D eigenvalue weighted by atomic mass is 9.95. The van der Waals surface area contributed by atoms with E-state index in [2.05, 4.69) is 4.98 Å². The van der Waals surface area contributed by atoms with Crippen LogP contribution in [0.15, 0.2) is 65.7 Å². The second kappa shape index (κ2) is 6.97. The van der Waals surface area contributed by atoms with Crippen molar-refractivity contribution >= 4 is 33.9 Å². The van der Waals surface area contributed by atoms with Crippen LogP contribution in [0.25, 0.3) is 5.76 Å². The van der Waals surface area contributed by atoms with Crippen LogP contribution in [0.5, 0.6) is 0 Å². The Bertz CT molecular complexity index is 1080. The van der Waals surface area contributed by atoms with Crippen LogP contribution >= 0.6 is 11.3 Å². The standard InChI is InChI=1S/C20H12F2N2O3S/c21-13-5-1-11(2-6-13)16-15(17(25)12-3-7-14(22)8-4-12)18(26)19(27)24(16)20-23-9-10-28-20/h1-10,16,25H/b17-15+/t16-/m0/s1. The van der Waals surface area contributed by atoms with Crippen LogP contribution in [0.1, 0.15) is 17.2 Å². The van der Waals surface area contributed by atoms with Crippen LogP contribution in [0.3, 0.4) is 0 Å². The number of hydrogen-bond donors (Lipinski definition) is 1. The lowest BCUT2D eigenvalue weighted by molar-refractivity contribution is -0.132. The Morgan fingerprint density at radius 2 is 1.61 bits per heavy atom. The van der Waals surface area contributed by atoms with Crippen LogP contribution in [0.4, 0.5) is 13.9 Å². The molecule has 5 nitrogen and oxygen atoms in total. The molecule has 1 amide bonds. The van der Waals surface area contributed by atoms with Gasteiger partial charge in [0.1, 0.15) is 17.4 Å². The molecule has 3 aromatic rings. The van der Waals surface area contributed by atoms with Crippen LogP contribution in [0, 0.1) is 11.6 Å². The topological polar surface area (TPSA) is 70.5 Å². The van der Waals surface area contributed by atoms with E-state index in [-0.39, 0.29) is 16.3 Å². The summed E-state index contributed by atoms with van der Waals surface area (Å²) in [5.41, 5.74) is 0.448. The molecule has 0 bridgehead atoms. The van der Waals surface area contributed by atoms with E-state index in [1.807, 2.05) is 0 Å². The number of anilines is 1. The number of nitrogens with zero attached hydrogens (tertiary/aromatic N) is 2. The van der Waals surface area contributed by atoms with Crippen molar-refractivity contribution in [3.63, 3.8) is 0 Å². The van der Waals surface area contributed by atoms with Gasteiger partial charge in [-0.15, -0.1) is 11.3 Å². The first-order valence-electron chi connectivity index (χ1n) is 8.19. The maximum atomic E-state index is 13.4. The van der Waals surface area contributed by atoms with Gasteiger partial charge in [-0.25, -0.2) is 13.8 Å². The third-order valence-electron chi connectivity index (χ3n) is 4.37. The quantitative estimate of drug-likeness (QED) is 0.411. The summed E-state index contributed by atoms with van der Waals surface area (Å²) in [5, 5.41) is 12.7. The first-order valence-corrected chi connectivity index (χ1v) is 9.07. The summed E-state index contributed by atoms with van der Waals surface area (Å²) in [7, 11) is 0. The molecule has 2 aromatic carbocycles. The zero-order valence-corrected chi connectivity index (χ0v) is 15.0. The molecule has 140 valence electrons. The van der Waals surface area contributed by atoms with Crippen molar-refractivity contribution in [1.82, 2.24) is 4.98 Å². The van der Waals surface area contributed by atoms with E-state index >= 15 is 0 Å². The van der Waals surface area contributed by atoms with Crippen LogP contribution in [-0.4, -0.2) is 21.8 Å². The Labute approximate surface area is 162 Å². The molecule has 1 N–H and O–H groups in total. The van der Waals surface area contributed by atoms with Gasteiger partial charge in [-0.05, 0) is 42.0 Å². The minimum absolute atomic E-state index is 0.168. The second-order valence-electron chi connectivity index (χ2n) is 6.04. The van der Waals surface area contributed by atoms with E-state index in [1.54, 1.807) is 5.38 Å². The Morgan fingerprint density at radius 1 is 1.00 bits per heavy atom. The molecule has 1 aromatic heterocycles. The number of ketones is 1. The number of halogens is 2. The molecule has 1 saturated heterocycles. The third kappa shape index (κ3) is 2.97. The van der Waals surface area contributed by atoms with Gasteiger partial charge in [0.25, 0.3) is 5.78 Å². The predicted octanol–water partition coefficient (Wildman–Crippen LogP) is 4.05. The number of thiazole rings is 1. The van der Waals surface area contributed by atoms with E-state index in [0.29, 0.717) is 5.56 Å². The average Bonchev–Trinajstić information content (AvgIpc) is 3.30. The van der Waals surface area contributed by atoms with E-state index in [4.69, 9.17) is 0 Å². The number of aliphatic hydroxyl groups is 1. The molecule has 28 heavy (non-hydrogen) atoms. The summed E-state index contributed by atoms with van der Waals surface area (Å²) in [6, 6.07) is 9.18. The number of benzene rings is 2. The number of carbonyl (C=O) groups excluding carboxylic acids is 2. The van der Waals surface area contributed by atoms with Gasteiger partial charge in [-0.3, -0.25) is 14.5 Å². The van der Waals surface area contributed by atoms with Crippen molar-refractivity contribution < 1.29 is 23.5 Å². The molecule has 0 radical (unpaired) electrons. The monoisotopic (exact) mass is 398 g/mol. The summed E-state index contributed by atoms with van der Waals surface area (Å²) < 4.78 is 26.6. The third-order valence-corrected chi connectivity index (χ3v) is 5.14. The summed E-state index contributed by atoms with van der Waals surface area (Å²) in [6.45, 7) is 0. The first kappa shape index (κ1) is 18.0. The molecule has 1 aliphatic heterocycles. The lowest BCUT2D eigenvalue weighted by Crippen LogP contribution is -2.29. The number of aromatic nitrogens is 1. The Morgan fingerprint density at radius 3 is 2.18 bits per heavy atom. The Hall–Kier alpha value is -3.39. The highest BCUT2D eigenvalue weighted by Crippen LogP contribution is 2.42. The van der Waals surface area contributed by atoms with E-state index in [0.717, 1.165) is 23.5 Å². The molecule has 0 aliphatic carbocycles. The molecule has 1 fully saturated rings. The Kier molecular flexibility index (Phi) is 4.48. The molecular weight excluding hydrogens is 386 g/mol. The number of carbonyl (C=O) groups is 2. The molecule has 0 spiro atoms. The summed E-state index contributed by atoms with van der Waals surface area (Å²) in [6.07, 6.45) is 1.49. The SMILES string of the molecule is O=C1C(=O)N(c2nccs2)[C@@H](c2ccc(F)cc2)/C1=C(\O)c1ccc(F)cc1. The van der Waals surface area contributed by atoms with Gasteiger partial charge in [-0.1, -0.05) is 12.1 Å². The number of amides is 1. The fourth-order valence-corrected chi connectivity index (χ4v) is 3.76. The molecule has 0 saturated carbocycles. The van der Waals surface area contributed by atoms with Gasteiger partial charge < -0.3 is 5.11 Å². The van der Waals surface area contributed by atoms with Crippen molar-refractivity contribution in [2.24, 2.45) is 0 Å². The molecule has 1 atom stereocenters. The predicted molar refractivity (Wildman–Crippen MR) is 99.7 cm³/mol. The molecule has 8 heteroatoms.